The van der Waals surface area contributed by atoms with Crippen LogP contribution in [0.5, 0.6) is 0 Å². The van der Waals surface area contributed by atoms with Crippen molar-refractivity contribution in [3.05, 3.63) is 48.0 Å². The predicted octanol–water partition coefficient (Wildman–Crippen LogP) is 4.09. The number of benzene rings is 1. The Morgan fingerprint density at radius 2 is 1.80 bits per heavy atom. The number of ketones is 2. The first-order valence-corrected chi connectivity index (χ1v) is 6.92. The molecule has 0 bridgehead atoms. The first kappa shape index (κ1) is 18.0. The molecule has 1 rings (SSSR count). The molecule has 3 heteroatoms. The van der Waals surface area contributed by atoms with E-state index < -0.39 is 5.92 Å². The van der Waals surface area contributed by atoms with Crippen LogP contribution in [0.3, 0.4) is 0 Å². The Morgan fingerprint density at radius 3 is 2.30 bits per heavy atom. The summed E-state index contributed by atoms with van der Waals surface area (Å²) in [7, 11) is 0. The van der Waals surface area contributed by atoms with Crippen molar-refractivity contribution in [2.75, 3.05) is 0 Å². The third kappa shape index (κ3) is 6.23. The number of allylic oxidation sites excluding steroid dienone is 2. The van der Waals surface area contributed by atoms with Crippen LogP contribution in [-0.2, 0) is 4.79 Å². The van der Waals surface area contributed by atoms with Crippen LogP contribution in [0.1, 0.15) is 44.0 Å². The molecule has 3 nitrogen and oxygen atoms in total. The molecule has 1 atom stereocenters. The molecule has 0 heterocycles. The largest absolute Gasteiger partial charge is 0.305 e. The van der Waals surface area contributed by atoms with Gasteiger partial charge in [-0.25, -0.2) is 0 Å². The van der Waals surface area contributed by atoms with Crippen molar-refractivity contribution >= 4 is 17.8 Å². The zero-order chi connectivity index (χ0) is 15.4. The molecule has 0 aliphatic heterocycles. The summed E-state index contributed by atoms with van der Waals surface area (Å²) >= 11 is 0. The minimum absolute atomic E-state index is 0.0553. The van der Waals surface area contributed by atoms with Gasteiger partial charge in [0.05, 0.1) is 6.21 Å². The van der Waals surface area contributed by atoms with Gasteiger partial charge in [0.2, 0.25) is 0 Å². The zero-order valence-corrected chi connectivity index (χ0v) is 12.4. The number of hydrogen-bond donors (Lipinski definition) is 1. The van der Waals surface area contributed by atoms with Gasteiger partial charge < -0.3 is 5.41 Å². The summed E-state index contributed by atoms with van der Waals surface area (Å²) in [6.45, 7) is 5.87. The summed E-state index contributed by atoms with van der Waals surface area (Å²) in [5, 5.41) is 7.01. The summed E-state index contributed by atoms with van der Waals surface area (Å²) in [6, 6.07) is 8.92. The number of rotatable bonds is 7. The summed E-state index contributed by atoms with van der Waals surface area (Å²) in [4.78, 5) is 23.5. The maximum absolute atomic E-state index is 12.0. The van der Waals surface area contributed by atoms with Crippen molar-refractivity contribution in [1.82, 2.24) is 0 Å². The van der Waals surface area contributed by atoms with Crippen LogP contribution >= 0.6 is 0 Å². The van der Waals surface area contributed by atoms with Crippen LogP contribution in [0.4, 0.5) is 0 Å². The monoisotopic (exact) mass is 273 g/mol. The van der Waals surface area contributed by atoms with E-state index in [0.717, 1.165) is 6.21 Å². The normalized spacial score (nSPS) is 11.3. The molecule has 0 fully saturated rings. The van der Waals surface area contributed by atoms with Gasteiger partial charge in [-0.05, 0) is 13.3 Å². The molecule has 1 unspecified atom stereocenters. The van der Waals surface area contributed by atoms with Crippen molar-refractivity contribution in [3.8, 4) is 0 Å². The minimum Gasteiger partial charge on any atom is -0.305 e. The fourth-order valence-electron chi connectivity index (χ4n) is 1.68. The number of carbonyl (C=O) groups excluding carboxylic acids is 2. The Kier molecular flexibility index (Phi) is 9.75. The molecule has 0 aromatic heterocycles. The molecule has 0 amide bonds. The van der Waals surface area contributed by atoms with Crippen molar-refractivity contribution in [3.63, 3.8) is 0 Å². The fraction of sp³-hybridized carbons (Fsp3) is 0.353. The lowest BCUT2D eigenvalue weighted by molar-refractivity contribution is -0.116. The van der Waals surface area contributed by atoms with Gasteiger partial charge in [0.1, 0.15) is 0 Å². The average molecular weight is 273 g/mol. The Labute approximate surface area is 121 Å². The van der Waals surface area contributed by atoms with Gasteiger partial charge >= 0.3 is 0 Å². The Bertz CT molecular complexity index is 449. The van der Waals surface area contributed by atoms with Gasteiger partial charge in [0.25, 0.3) is 0 Å². The van der Waals surface area contributed by atoms with Crippen molar-refractivity contribution < 1.29 is 9.59 Å². The molecule has 0 radical (unpaired) electrons. The van der Waals surface area contributed by atoms with E-state index in [2.05, 4.69) is 0 Å². The summed E-state index contributed by atoms with van der Waals surface area (Å²) in [5.41, 5.74) is 0.612. The number of hydrogen-bond acceptors (Lipinski definition) is 3. The zero-order valence-electron chi connectivity index (χ0n) is 12.4. The second kappa shape index (κ2) is 10.9. The maximum atomic E-state index is 12.0. The molecule has 1 aromatic carbocycles. The fourth-order valence-corrected chi connectivity index (χ4v) is 1.68. The van der Waals surface area contributed by atoms with Crippen LogP contribution in [0.2, 0.25) is 0 Å². The van der Waals surface area contributed by atoms with Crippen LogP contribution in [0.25, 0.3) is 0 Å². The topological polar surface area (TPSA) is 58.0 Å². The van der Waals surface area contributed by atoms with Gasteiger partial charge in [-0.15, -0.1) is 0 Å². The minimum atomic E-state index is -0.425. The Morgan fingerprint density at radius 1 is 1.20 bits per heavy atom. The second-order valence-corrected chi connectivity index (χ2v) is 4.04. The van der Waals surface area contributed by atoms with Gasteiger partial charge in [0.15, 0.2) is 11.6 Å². The molecular formula is C17H23NO2. The first-order chi connectivity index (χ1) is 9.69. The molecular weight excluding hydrogens is 250 g/mol. The molecule has 108 valence electrons. The highest BCUT2D eigenvalue weighted by molar-refractivity contribution is 6.27. The van der Waals surface area contributed by atoms with Gasteiger partial charge in [-0.2, -0.15) is 0 Å². The van der Waals surface area contributed by atoms with Gasteiger partial charge in [-0.1, -0.05) is 56.3 Å². The SMILES string of the molecule is C/C=C/CC(CC(=O)c1ccccc1)C(=O)C=N.CC. The third-order valence-electron chi connectivity index (χ3n) is 2.73. The predicted molar refractivity (Wildman–Crippen MR) is 83.4 cm³/mol. The molecule has 1 N–H and O–H groups in total. The highest BCUT2D eigenvalue weighted by atomic mass is 16.1. The highest BCUT2D eigenvalue weighted by Gasteiger charge is 2.19. The van der Waals surface area contributed by atoms with Crippen molar-refractivity contribution in [1.29, 1.82) is 5.41 Å². The quantitative estimate of drug-likeness (QED) is 0.462. The van der Waals surface area contributed by atoms with Crippen molar-refractivity contribution in [2.24, 2.45) is 5.92 Å². The van der Waals surface area contributed by atoms with E-state index in [1.54, 1.807) is 24.3 Å². The Hall–Kier alpha value is -2.03. The van der Waals surface area contributed by atoms with E-state index in [0.29, 0.717) is 12.0 Å². The standard InChI is InChI=1S/C15H17NO2.C2H6/c1-2-3-7-13(15(18)11-16)10-14(17)12-8-5-4-6-9-12;1-2/h2-6,8-9,11,13,16H,7,10H2,1H3;1-2H3/b3-2+,16-11?;. The van der Waals surface area contributed by atoms with Crippen LogP contribution < -0.4 is 0 Å². The average Bonchev–Trinajstić information content (AvgIpc) is 2.53. The lowest BCUT2D eigenvalue weighted by atomic mass is 9.92. The lowest BCUT2D eigenvalue weighted by Gasteiger charge is -2.10. The van der Waals surface area contributed by atoms with Gasteiger partial charge in [0, 0.05) is 17.9 Å². The molecule has 0 spiro atoms. The third-order valence-corrected chi connectivity index (χ3v) is 2.73. The summed E-state index contributed by atoms with van der Waals surface area (Å²) in [5.74, 6) is -0.774. The van der Waals surface area contributed by atoms with Crippen LogP contribution in [-0.4, -0.2) is 17.8 Å². The Balaban J connectivity index is 0.00000172. The van der Waals surface area contributed by atoms with E-state index >= 15 is 0 Å². The van der Waals surface area contributed by atoms with E-state index in [-0.39, 0.29) is 18.0 Å². The van der Waals surface area contributed by atoms with E-state index in [4.69, 9.17) is 5.41 Å². The molecule has 1 aromatic rings. The molecule has 0 aliphatic rings. The van der Waals surface area contributed by atoms with Gasteiger partial charge in [-0.3, -0.25) is 9.59 Å². The molecule has 20 heavy (non-hydrogen) atoms. The first-order valence-electron chi connectivity index (χ1n) is 6.92. The smallest absolute Gasteiger partial charge is 0.176 e. The van der Waals surface area contributed by atoms with E-state index in [1.165, 1.54) is 0 Å². The van der Waals surface area contributed by atoms with Crippen LogP contribution in [0, 0.1) is 11.3 Å². The maximum Gasteiger partial charge on any atom is 0.176 e. The summed E-state index contributed by atoms with van der Waals surface area (Å²) < 4.78 is 0. The molecule has 0 saturated heterocycles. The highest BCUT2D eigenvalue weighted by Crippen LogP contribution is 2.15. The van der Waals surface area contributed by atoms with Crippen LogP contribution in [0.15, 0.2) is 42.5 Å². The van der Waals surface area contributed by atoms with E-state index in [1.807, 2.05) is 39.0 Å². The van der Waals surface area contributed by atoms with Crippen molar-refractivity contribution in [2.45, 2.75) is 33.6 Å². The molecule has 0 aliphatic carbocycles. The number of Topliss-reactive ketones (excluding diaryl/α,β-unsaturated/α-hetero) is 2. The van der Waals surface area contributed by atoms with E-state index in [9.17, 15) is 9.59 Å². The summed E-state index contributed by atoms with van der Waals surface area (Å²) in [6.07, 6.45) is 5.15. The number of nitrogens with one attached hydrogen (secondary N) is 1. The number of carbonyl (C=O) groups is 2. The molecule has 0 saturated carbocycles. The lowest BCUT2D eigenvalue weighted by Crippen LogP contribution is -2.19. The second-order valence-electron chi connectivity index (χ2n) is 4.04.